The van der Waals surface area contributed by atoms with Crippen molar-refractivity contribution in [2.75, 3.05) is 13.2 Å². The molecule has 22 heavy (non-hydrogen) atoms. The van der Waals surface area contributed by atoms with Crippen molar-refractivity contribution in [2.45, 2.75) is 30.8 Å². The monoisotopic (exact) mass is 321 g/mol. The van der Waals surface area contributed by atoms with Gasteiger partial charge in [-0.1, -0.05) is 17.7 Å². The van der Waals surface area contributed by atoms with E-state index in [2.05, 4.69) is 9.82 Å². The van der Waals surface area contributed by atoms with Gasteiger partial charge in [-0.3, -0.25) is 0 Å². The van der Waals surface area contributed by atoms with Crippen LogP contribution in [0.3, 0.4) is 0 Å². The van der Waals surface area contributed by atoms with Crippen molar-refractivity contribution in [1.29, 1.82) is 0 Å². The van der Waals surface area contributed by atoms with Crippen LogP contribution in [0.25, 0.3) is 5.69 Å². The molecule has 1 fully saturated rings. The van der Waals surface area contributed by atoms with Crippen LogP contribution in [0, 0.1) is 6.92 Å². The van der Waals surface area contributed by atoms with E-state index in [1.54, 1.807) is 4.68 Å². The van der Waals surface area contributed by atoms with Gasteiger partial charge in [0.15, 0.2) is 0 Å². The first-order chi connectivity index (χ1) is 10.5. The Balaban J connectivity index is 1.72. The number of sulfonamides is 1. The molecule has 1 aromatic heterocycles. The molecule has 1 atom stereocenters. The molecule has 0 saturated carbocycles. The van der Waals surface area contributed by atoms with Crippen molar-refractivity contribution in [3.63, 3.8) is 0 Å². The minimum Gasteiger partial charge on any atom is -0.377 e. The lowest BCUT2D eigenvalue weighted by molar-refractivity contribution is 0.114. The van der Waals surface area contributed by atoms with E-state index in [1.165, 1.54) is 12.4 Å². The lowest BCUT2D eigenvalue weighted by Gasteiger charge is -2.10. The van der Waals surface area contributed by atoms with Crippen molar-refractivity contribution in [1.82, 2.24) is 14.5 Å². The minimum absolute atomic E-state index is 0.0260. The van der Waals surface area contributed by atoms with Crippen LogP contribution in [-0.2, 0) is 14.8 Å². The molecule has 1 N–H and O–H groups in total. The highest BCUT2D eigenvalue weighted by Crippen LogP contribution is 2.15. The summed E-state index contributed by atoms with van der Waals surface area (Å²) in [6.45, 7) is 3.01. The number of nitrogens with zero attached hydrogens (tertiary/aromatic N) is 2. The quantitative estimate of drug-likeness (QED) is 0.908. The van der Waals surface area contributed by atoms with Crippen molar-refractivity contribution in [2.24, 2.45) is 0 Å². The first-order valence-electron chi connectivity index (χ1n) is 7.27. The number of aryl methyl sites for hydroxylation is 1. The van der Waals surface area contributed by atoms with E-state index in [-0.39, 0.29) is 11.0 Å². The molecule has 7 heteroatoms. The van der Waals surface area contributed by atoms with Gasteiger partial charge in [-0.05, 0) is 31.9 Å². The third kappa shape index (κ3) is 3.37. The molecule has 3 rings (SSSR count). The maximum Gasteiger partial charge on any atom is 0.243 e. The predicted molar refractivity (Wildman–Crippen MR) is 82.5 cm³/mol. The van der Waals surface area contributed by atoms with E-state index >= 15 is 0 Å². The summed E-state index contributed by atoms with van der Waals surface area (Å²) < 4.78 is 34.1. The first-order valence-corrected chi connectivity index (χ1v) is 8.76. The van der Waals surface area contributed by atoms with Crippen molar-refractivity contribution >= 4 is 10.0 Å². The first kappa shape index (κ1) is 15.2. The van der Waals surface area contributed by atoms with Gasteiger partial charge < -0.3 is 4.74 Å². The van der Waals surface area contributed by atoms with Crippen LogP contribution < -0.4 is 4.72 Å². The summed E-state index contributed by atoms with van der Waals surface area (Å²) in [5.41, 5.74) is 1.97. The highest BCUT2D eigenvalue weighted by atomic mass is 32.2. The lowest BCUT2D eigenvalue weighted by Crippen LogP contribution is -2.31. The second-order valence-electron chi connectivity index (χ2n) is 5.44. The third-order valence-corrected chi connectivity index (χ3v) is 5.07. The second-order valence-corrected chi connectivity index (χ2v) is 7.21. The molecular weight excluding hydrogens is 302 g/mol. The maximum absolute atomic E-state index is 12.3. The van der Waals surface area contributed by atoms with Gasteiger partial charge in [0.2, 0.25) is 10.0 Å². The molecule has 0 spiro atoms. The Bertz CT molecular complexity index is 732. The van der Waals surface area contributed by atoms with Crippen molar-refractivity contribution < 1.29 is 13.2 Å². The Morgan fingerprint density at radius 1 is 1.36 bits per heavy atom. The SMILES string of the molecule is Cc1ccc(-n2cc(S(=O)(=O)NC[C@@H]3CCCO3)cn2)cc1. The summed E-state index contributed by atoms with van der Waals surface area (Å²) in [5.74, 6) is 0. The molecular formula is C15H19N3O3S. The molecule has 0 amide bonds. The van der Waals surface area contributed by atoms with Crippen LogP contribution >= 0.6 is 0 Å². The van der Waals surface area contributed by atoms with Crippen LogP contribution in [0.15, 0.2) is 41.6 Å². The van der Waals surface area contributed by atoms with Gasteiger partial charge in [-0.15, -0.1) is 0 Å². The number of rotatable bonds is 5. The van der Waals surface area contributed by atoms with Gasteiger partial charge >= 0.3 is 0 Å². The minimum atomic E-state index is -3.56. The molecule has 2 heterocycles. The zero-order chi connectivity index (χ0) is 15.6. The Hall–Kier alpha value is -1.70. The molecule has 0 aliphatic carbocycles. The largest absolute Gasteiger partial charge is 0.377 e. The standard InChI is InChI=1S/C15H19N3O3S/c1-12-4-6-13(7-5-12)18-11-15(10-16-18)22(19,20)17-9-14-3-2-8-21-14/h4-7,10-11,14,17H,2-3,8-9H2,1H3/t14-/m0/s1. The zero-order valence-corrected chi connectivity index (χ0v) is 13.2. The summed E-state index contributed by atoms with van der Waals surface area (Å²) in [6, 6.07) is 7.72. The van der Waals surface area contributed by atoms with Gasteiger partial charge in [0.25, 0.3) is 0 Å². The number of hydrogen-bond donors (Lipinski definition) is 1. The molecule has 1 saturated heterocycles. The summed E-state index contributed by atoms with van der Waals surface area (Å²) >= 11 is 0. The van der Waals surface area contributed by atoms with Crippen LogP contribution in [0.1, 0.15) is 18.4 Å². The Morgan fingerprint density at radius 3 is 2.82 bits per heavy atom. The smallest absolute Gasteiger partial charge is 0.243 e. The molecule has 2 aromatic rings. The number of nitrogens with one attached hydrogen (secondary N) is 1. The van der Waals surface area contributed by atoms with E-state index in [9.17, 15) is 8.42 Å². The summed E-state index contributed by atoms with van der Waals surface area (Å²) in [7, 11) is -3.56. The van der Waals surface area contributed by atoms with Gasteiger partial charge in [0.1, 0.15) is 4.90 Å². The molecule has 118 valence electrons. The number of aromatic nitrogens is 2. The van der Waals surface area contributed by atoms with Gasteiger partial charge in [-0.2, -0.15) is 5.10 Å². The van der Waals surface area contributed by atoms with E-state index in [1.807, 2.05) is 31.2 Å². The van der Waals surface area contributed by atoms with Crippen LogP contribution in [0.5, 0.6) is 0 Å². The highest BCUT2D eigenvalue weighted by molar-refractivity contribution is 7.89. The van der Waals surface area contributed by atoms with Gasteiger partial charge in [0.05, 0.1) is 24.2 Å². The molecule has 1 aromatic carbocycles. The van der Waals surface area contributed by atoms with E-state index in [4.69, 9.17) is 4.74 Å². The highest BCUT2D eigenvalue weighted by Gasteiger charge is 2.21. The Labute approximate surface area is 130 Å². The number of ether oxygens (including phenoxy) is 1. The molecule has 1 aliphatic heterocycles. The molecule has 0 radical (unpaired) electrons. The summed E-state index contributed by atoms with van der Waals surface area (Å²) in [6.07, 6.45) is 4.73. The Morgan fingerprint density at radius 2 is 2.14 bits per heavy atom. The average Bonchev–Trinajstić information content (AvgIpc) is 3.18. The van der Waals surface area contributed by atoms with E-state index in [0.717, 1.165) is 24.1 Å². The van der Waals surface area contributed by atoms with Crippen molar-refractivity contribution in [3.8, 4) is 5.69 Å². The molecule has 6 nitrogen and oxygen atoms in total. The van der Waals surface area contributed by atoms with Crippen molar-refractivity contribution in [3.05, 3.63) is 42.2 Å². The predicted octanol–water partition coefficient (Wildman–Crippen LogP) is 1.64. The van der Waals surface area contributed by atoms with Gasteiger partial charge in [-0.25, -0.2) is 17.8 Å². The maximum atomic E-state index is 12.3. The average molecular weight is 321 g/mol. The van der Waals surface area contributed by atoms with Crippen LogP contribution in [0.4, 0.5) is 0 Å². The van der Waals surface area contributed by atoms with Crippen LogP contribution in [0.2, 0.25) is 0 Å². The third-order valence-electron chi connectivity index (χ3n) is 3.69. The summed E-state index contributed by atoms with van der Waals surface area (Å²) in [4.78, 5) is 0.158. The number of benzene rings is 1. The van der Waals surface area contributed by atoms with Gasteiger partial charge in [0, 0.05) is 13.2 Å². The fourth-order valence-electron chi connectivity index (χ4n) is 2.38. The number of hydrogen-bond acceptors (Lipinski definition) is 4. The normalized spacial score (nSPS) is 18.7. The van der Waals surface area contributed by atoms with Crippen LogP contribution in [-0.4, -0.2) is 37.5 Å². The molecule has 0 unspecified atom stereocenters. The van der Waals surface area contributed by atoms with E-state index in [0.29, 0.717) is 13.2 Å². The zero-order valence-electron chi connectivity index (χ0n) is 12.4. The summed E-state index contributed by atoms with van der Waals surface area (Å²) in [5, 5.41) is 4.13. The van der Waals surface area contributed by atoms with E-state index < -0.39 is 10.0 Å². The molecule has 0 bridgehead atoms. The fraction of sp³-hybridized carbons (Fsp3) is 0.400. The lowest BCUT2D eigenvalue weighted by atomic mass is 10.2. The second kappa shape index (κ2) is 6.20. The molecule has 1 aliphatic rings. The Kier molecular flexibility index (Phi) is 4.28. The fourth-order valence-corrected chi connectivity index (χ4v) is 3.37. The topological polar surface area (TPSA) is 73.2 Å².